The highest BCUT2D eigenvalue weighted by atomic mass is 19.1. The van der Waals surface area contributed by atoms with Crippen molar-refractivity contribution in [2.45, 2.75) is 45.4 Å². The van der Waals surface area contributed by atoms with Gasteiger partial charge >= 0.3 is 5.97 Å². The molecular formula is C27H28FNO3. The van der Waals surface area contributed by atoms with E-state index < -0.39 is 23.6 Å². The highest BCUT2D eigenvalue weighted by molar-refractivity contribution is 6.09. The Morgan fingerprint density at radius 3 is 2.50 bits per heavy atom. The van der Waals surface area contributed by atoms with Crippen LogP contribution in [0.15, 0.2) is 70.9 Å². The molecule has 0 N–H and O–H groups in total. The molecule has 0 amide bonds. The lowest BCUT2D eigenvalue weighted by molar-refractivity contribution is -0.147. The Morgan fingerprint density at radius 1 is 1.09 bits per heavy atom. The number of allylic oxidation sites excluding steroid dienone is 2. The monoisotopic (exact) mass is 433 g/mol. The minimum atomic E-state index is -0.744. The maximum atomic E-state index is 14.2. The Kier molecular flexibility index (Phi) is 6.35. The zero-order chi connectivity index (χ0) is 22.8. The van der Waals surface area contributed by atoms with Crippen LogP contribution in [0.5, 0.6) is 0 Å². The second-order valence-corrected chi connectivity index (χ2v) is 9.09. The van der Waals surface area contributed by atoms with Crippen molar-refractivity contribution in [2.75, 3.05) is 6.61 Å². The van der Waals surface area contributed by atoms with Crippen LogP contribution in [0, 0.1) is 17.7 Å². The van der Waals surface area contributed by atoms with Crippen LogP contribution in [0.3, 0.4) is 0 Å². The van der Waals surface area contributed by atoms with Gasteiger partial charge in [0.1, 0.15) is 11.7 Å². The van der Waals surface area contributed by atoms with Gasteiger partial charge in [0.15, 0.2) is 5.78 Å². The third-order valence-electron chi connectivity index (χ3n) is 6.18. The summed E-state index contributed by atoms with van der Waals surface area (Å²) in [5.41, 5.74) is 3.54. The summed E-state index contributed by atoms with van der Waals surface area (Å²) in [5, 5.41) is 0. The van der Waals surface area contributed by atoms with Crippen LogP contribution in [0.1, 0.15) is 56.6 Å². The number of ketones is 1. The minimum Gasteiger partial charge on any atom is -0.465 e. The summed E-state index contributed by atoms with van der Waals surface area (Å²) in [7, 11) is 0. The predicted molar refractivity (Wildman–Crippen MR) is 122 cm³/mol. The quantitative estimate of drug-likeness (QED) is 0.577. The molecule has 1 aliphatic carbocycles. The third-order valence-corrected chi connectivity index (χ3v) is 6.18. The first-order chi connectivity index (χ1) is 15.3. The lowest BCUT2D eigenvalue weighted by atomic mass is 9.69. The molecule has 0 spiro atoms. The molecule has 4 rings (SSSR count). The lowest BCUT2D eigenvalue weighted by Crippen LogP contribution is -2.38. The smallest absolute Gasteiger partial charge is 0.315 e. The standard InChI is InChI=1S/C27H28FNO3/c1-16(2)15-32-27(31)24-17(3)29-22-13-20(18-8-5-4-6-9-18)14-23(30)26(22)25(24)19-10-7-11-21(28)12-19/h4-12,16,20,24-25H,13-15H2,1-3H3/t20-,24?,25+/m1/s1. The fraction of sp³-hybridized carbons (Fsp3) is 0.370. The van der Waals surface area contributed by atoms with Crippen LogP contribution < -0.4 is 0 Å². The molecule has 1 unspecified atom stereocenters. The number of benzene rings is 2. The van der Waals surface area contributed by atoms with E-state index in [1.807, 2.05) is 44.2 Å². The van der Waals surface area contributed by atoms with E-state index in [0.717, 1.165) is 5.56 Å². The van der Waals surface area contributed by atoms with E-state index in [1.54, 1.807) is 19.1 Å². The molecule has 0 aromatic heterocycles. The zero-order valence-corrected chi connectivity index (χ0v) is 18.7. The van der Waals surface area contributed by atoms with E-state index in [0.29, 0.717) is 35.4 Å². The van der Waals surface area contributed by atoms with Crippen molar-refractivity contribution in [1.82, 2.24) is 0 Å². The molecule has 0 fully saturated rings. The molecule has 2 aromatic rings. The molecule has 166 valence electrons. The van der Waals surface area contributed by atoms with Crippen molar-refractivity contribution in [1.29, 1.82) is 0 Å². The Labute approximate surface area is 188 Å². The third kappa shape index (κ3) is 4.43. The number of rotatable bonds is 5. The van der Waals surface area contributed by atoms with Gasteiger partial charge in [0.25, 0.3) is 0 Å². The topological polar surface area (TPSA) is 55.7 Å². The minimum absolute atomic E-state index is 0.0349. The zero-order valence-electron chi connectivity index (χ0n) is 18.7. The molecule has 0 radical (unpaired) electrons. The molecule has 0 saturated carbocycles. The van der Waals surface area contributed by atoms with Crippen molar-refractivity contribution >= 4 is 17.5 Å². The molecule has 1 heterocycles. The molecule has 2 aliphatic rings. The average molecular weight is 434 g/mol. The molecular weight excluding hydrogens is 405 g/mol. The van der Waals surface area contributed by atoms with Gasteiger partial charge in [-0.05, 0) is 48.4 Å². The summed E-state index contributed by atoms with van der Waals surface area (Å²) >= 11 is 0. The number of hydrogen-bond donors (Lipinski definition) is 0. The average Bonchev–Trinajstić information content (AvgIpc) is 2.77. The molecule has 5 heteroatoms. The van der Waals surface area contributed by atoms with Gasteiger partial charge in [0.2, 0.25) is 0 Å². The number of ether oxygens (including phenoxy) is 1. The Hall–Kier alpha value is -3.08. The normalized spacial score (nSPS) is 23.1. The number of carbonyl (C=O) groups excluding carboxylic acids is 2. The predicted octanol–water partition coefficient (Wildman–Crippen LogP) is 5.60. The molecule has 0 saturated heterocycles. The van der Waals surface area contributed by atoms with Gasteiger partial charge in [0.05, 0.1) is 6.61 Å². The van der Waals surface area contributed by atoms with Crippen molar-refractivity contribution < 1.29 is 18.7 Å². The molecule has 3 atom stereocenters. The van der Waals surface area contributed by atoms with Crippen LogP contribution >= 0.6 is 0 Å². The number of Topliss-reactive ketones (excluding diaryl/α,β-unsaturated/α-hetero) is 1. The molecule has 1 aliphatic heterocycles. The van der Waals surface area contributed by atoms with E-state index in [-0.39, 0.29) is 24.2 Å². The summed E-state index contributed by atoms with van der Waals surface area (Å²) in [6.07, 6.45) is 0.957. The van der Waals surface area contributed by atoms with E-state index >= 15 is 0 Å². The van der Waals surface area contributed by atoms with Gasteiger partial charge in [-0.2, -0.15) is 0 Å². The summed E-state index contributed by atoms with van der Waals surface area (Å²) in [5.74, 6) is -1.97. The largest absolute Gasteiger partial charge is 0.465 e. The summed E-state index contributed by atoms with van der Waals surface area (Å²) in [6, 6.07) is 16.1. The highest BCUT2D eigenvalue weighted by Crippen LogP contribution is 2.46. The van der Waals surface area contributed by atoms with Crippen molar-refractivity contribution in [2.24, 2.45) is 16.8 Å². The molecule has 32 heavy (non-hydrogen) atoms. The summed E-state index contributed by atoms with van der Waals surface area (Å²) in [6.45, 7) is 6.02. The summed E-state index contributed by atoms with van der Waals surface area (Å²) < 4.78 is 19.7. The second kappa shape index (κ2) is 9.19. The number of halogens is 1. The van der Waals surface area contributed by atoms with Crippen LogP contribution in [0.2, 0.25) is 0 Å². The van der Waals surface area contributed by atoms with Gasteiger partial charge < -0.3 is 4.74 Å². The number of nitrogens with zero attached hydrogens (tertiary/aromatic N) is 1. The van der Waals surface area contributed by atoms with Gasteiger partial charge in [-0.1, -0.05) is 56.3 Å². The van der Waals surface area contributed by atoms with E-state index in [9.17, 15) is 14.0 Å². The maximum Gasteiger partial charge on any atom is 0.315 e. The van der Waals surface area contributed by atoms with Gasteiger partial charge in [-0.25, -0.2) is 4.39 Å². The number of aliphatic imine (C=N–C) groups is 1. The first-order valence-corrected chi connectivity index (χ1v) is 11.1. The van der Waals surface area contributed by atoms with Crippen LogP contribution in [-0.4, -0.2) is 24.1 Å². The van der Waals surface area contributed by atoms with Crippen molar-refractivity contribution in [3.63, 3.8) is 0 Å². The Balaban J connectivity index is 1.77. The SMILES string of the molecule is CC1=NC2=C(C(=O)C[C@H](c3ccccc3)C2)[C@@H](c2cccc(F)c2)C1C(=O)OCC(C)C. The fourth-order valence-corrected chi connectivity index (χ4v) is 4.72. The molecule has 4 nitrogen and oxygen atoms in total. The Bertz CT molecular complexity index is 1090. The van der Waals surface area contributed by atoms with E-state index in [1.165, 1.54) is 12.1 Å². The molecule has 0 bridgehead atoms. The van der Waals surface area contributed by atoms with E-state index in [4.69, 9.17) is 9.73 Å². The van der Waals surface area contributed by atoms with Gasteiger partial charge in [0, 0.05) is 29.3 Å². The number of hydrogen-bond acceptors (Lipinski definition) is 4. The first kappa shape index (κ1) is 22.1. The van der Waals surface area contributed by atoms with E-state index in [2.05, 4.69) is 0 Å². The van der Waals surface area contributed by atoms with Crippen LogP contribution in [0.4, 0.5) is 4.39 Å². The number of esters is 1. The fourth-order valence-electron chi connectivity index (χ4n) is 4.72. The Morgan fingerprint density at radius 2 is 1.81 bits per heavy atom. The maximum absolute atomic E-state index is 14.2. The van der Waals surface area contributed by atoms with Crippen molar-refractivity contribution in [3.05, 3.63) is 82.8 Å². The highest BCUT2D eigenvalue weighted by Gasteiger charge is 2.44. The summed E-state index contributed by atoms with van der Waals surface area (Å²) in [4.78, 5) is 31.3. The van der Waals surface area contributed by atoms with Crippen LogP contribution in [-0.2, 0) is 14.3 Å². The lowest BCUT2D eigenvalue weighted by Gasteiger charge is -2.36. The van der Waals surface area contributed by atoms with Gasteiger partial charge in [-0.15, -0.1) is 0 Å². The van der Waals surface area contributed by atoms with Crippen LogP contribution in [0.25, 0.3) is 0 Å². The van der Waals surface area contributed by atoms with Gasteiger partial charge in [-0.3, -0.25) is 14.6 Å². The number of carbonyl (C=O) groups is 2. The second-order valence-electron chi connectivity index (χ2n) is 9.09. The van der Waals surface area contributed by atoms with Crippen molar-refractivity contribution in [3.8, 4) is 0 Å². The molecule has 2 aromatic carbocycles. The first-order valence-electron chi connectivity index (χ1n) is 11.1.